The number of fused-ring (bicyclic) bond motifs is 3. The molecule has 7 heterocycles. The van der Waals surface area contributed by atoms with E-state index in [-0.39, 0.29) is 0 Å². The van der Waals surface area contributed by atoms with Crippen LogP contribution in [0.2, 0.25) is 0 Å². The molecule has 0 aliphatic heterocycles. The summed E-state index contributed by atoms with van der Waals surface area (Å²) >= 11 is 4.88. The van der Waals surface area contributed by atoms with Crippen LogP contribution in [-0.4, -0.2) is 93.2 Å². The quantitative estimate of drug-likeness (QED) is 0.0504. The number of rotatable bonds is 15. The Morgan fingerprint density at radius 3 is 2.11 bits per heavy atom. The molecule has 0 spiro atoms. The normalized spacial score (nSPS) is 12.0. The van der Waals surface area contributed by atoms with Crippen LogP contribution >= 0.6 is 34.4 Å². The van der Waals surface area contributed by atoms with Crippen molar-refractivity contribution in [3.8, 4) is 44.8 Å². The highest BCUT2D eigenvalue weighted by atomic mass is 32.2. The van der Waals surface area contributed by atoms with Gasteiger partial charge in [-0.1, -0.05) is 60.7 Å². The van der Waals surface area contributed by atoms with Gasteiger partial charge in [-0.05, 0) is 52.9 Å². The number of thiophene rings is 2. The molecule has 13 nitrogen and oxygen atoms in total. The third-order valence-electron chi connectivity index (χ3n) is 10.4. The maximum Gasteiger partial charge on any atom is 0.181 e. The molecule has 0 bridgehead atoms. The first kappa shape index (κ1) is 45.5. The molecule has 9 aromatic rings. The summed E-state index contributed by atoms with van der Waals surface area (Å²) in [5.41, 5.74) is 23.4. The molecule has 65 heavy (non-hydrogen) atoms. The number of pyridine rings is 4. The molecular weight excluding hydrogens is 893 g/mol. The van der Waals surface area contributed by atoms with Crippen molar-refractivity contribution in [3.05, 3.63) is 109 Å². The van der Waals surface area contributed by atoms with Crippen molar-refractivity contribution in [2.75, 3.05) is 69.8 Å². The second-order valence-electron chi connectivity index (χ2n) is 14.8. The highest BCUT2D eigenvalue weighted by Gasteiger charge is 2.22. The summed E-state index contributed by atoms with van der Waals surface area (Å²) in [7, 11) is 7.72. The highest BCUT2D eigenvalue weighted by molar-refractivity contribution is 8.01. The SMILES string of the molecule is CN=Cc1cc(-c2cc(-c3ccccc3)c3c(NC)c(SCCOC)sc3n2)cnc1N.COCCCS(=O)c1sc2nc(-c3cnc4nn(C)cc4c3)cc(-c3ccccc3)c2c1N. The number of thioether (sulfide) groups is 1. The van der Waals surface area contributed by atoms with Crippen LogP contribution in [0, 0.1) is 0 Å². The molecule has 7 aromatic heterocycles. The van der Waals surface area contributed by atoms with E-state index in [0.717, 1.165) is 87.6 Å². The minimum Gasteiger partial charge on any atom is -0.396 e. The number of aromatic nitrogens is 6. The van der Waals surface area contributed by atoms with Crippen LogP contribution in [0.4, 0.5) is 17.2 Å². The summed E-state index contributed by atoms with van der Waals surface area (Å²) < 4.78 is 27.0. The molecule has 1 atom stereocenters. The first-order valence-corrected chi connectivity index (χ1v) is 24.6. The lowest BCUT2D eigenvalue weighted by Crippen LogP contribution is -2.02. The number of hydrogen-bond acceptors (Lipinski definition) is 15. The summed E-state index contributed by atoms with van der Waals surface area (Å²) in [5, 5.41) is 10.7. The fraction of sp³-hybridized carbons (Fsp3) is 0.208. The van der Waals surface area contributed by atoms with Crippen molar-refractivity contribution in [2.45, 2.75) is 14.8 Å². The van der Waals surface area contributed by atoms with E-state index in [0.29, 0.717) is 46.7 Å². The molecule has 0 amide bonds. The van der Waals surface area contributed by atoms with E-state index in [1.165, 1.54) is 15.5 Å². The molecule has 9 rings (SSSR count). The van der Waals surface area contributed by atoms with E-state index in [2.05, 4.69) is 55.7 Å². The smallest absolute Gasteiger partial charge is 0.181 e. The molecule has 5 N–H and O–H groups in total. The van der Waals surface area contributed by atoms with Gasteiger partial charge >= 0.3 is 0 Å². The van der Waals surface area contributed by atoms with Gasteiger partial charge in [0.05, 0.1) is 44.4 Å². The molecular formula is C48H48N10O3S4. The Labute approximate surface area is 391 Å². The summed E-state index contributed by atoms with van der Waals surface area (Å²) in [5.74, 6) is 1.83. The maximum absolute atomic E-state index is 13.0. The van der Waals surface area contributed by atoms with Crippen molar-refractivity contribution in [2.24, 2.45) is 12.0 Å². The largest absolute Gasteiger partial charge is 0.396 e. The summed E-state index contributed by atoms with van der Waals surface area (Å²) in [4.78, 5) is 24.7. The van der Waals surface area contributed by atoms with Gasteiger partial charge in [0.1, 0.15) is 19.7 Å². The van der Waals surface area contributed by atoms with Gasteiger partial charge in [0.2, 0.25) is 0 Å². The number of nitrogens with zero attached hydrogens (tertiary/aromatic N) is 7. The van der Waals surface area contributed by atoms with Gasteiger partial charge in [-0.25, -0.2) is 19.9 Å². The van der Waals surface area contributed by atoms with Crippen LogP contribution in [0.1, 0.15) is 12.0 Å². The summed E-state index contributed by atoms with van der Waals surface area (Å²) in [6.07, 6.45) is 7.92. The number of nitrogen functional groups attached to an aromatic ring is 2. The number of hydrogen-bond donors (Lipinski definition) is 3. The summed E-state index contributed by atoms with van der Waals surface area (Å²) in [6, 6.07) is 28.7. The standard InChI is InChI=1S/C24H23N5O2S2.C24H25N5OS2/c1-29-14-17-11-16(13-26-22(17)28-29)19-12-18(15-7-4-3-5-8-15)20-21(25)24(32-23(20)27-19)33(30)10-6-9-31-2;1-26-13-17-11-16(14-28-22(17)25)19-12-18(15-7-5-4-6-8-15)20-21(27-2)24(31-10-9-30-3)32-23(20)29-19/h3-5,7-8,11-14H,6,9-10,25H2,1-2H3;4-8,11-14,27H,9-10H2,1-3H3,(H2,25,28). The van der Waals surface area contributed by atoms with E-state index in [4.69, 9.17) is 30.9 Å². The second kappa shape index (κ2) is 20.8. The second-order valence-corrected chi connectivity index (χ2v) is 19.9. The third kappa shape index (κ3) is 9.95. The Morgan fingerprint density at radius 2 is 1.46 bits per heavy atom. The number of aliphatic imine (C=N–C) groups is 1. The molecule has 17 heteroatoms. The average Bonchev–Trinajstić information content (AvgIpc) is 4.00. The van der Waals surface area contributed by atoms with E-state index in [1.807, 2.05) is 74.9 Å². The Balaban J connectivity index is 0.000000177. The predicted octanol–water partition coefficient (Wildman–Crippen LogP) is 10.1. The van der Waals surface area contributed by atoms with Crippen LogP contribution in [0.5, 0.6) is 0 Å². The maximum atomic E-state index is 13.0. The first-order valence-electron chi connectivity index (χ1n) is 20.7. The lowest BCUT2D eigenvalue weighted by molar-refractivity contribution is 0.200. The molecule has 0 saturated heterocycles. The molecule has 0 aliphatic carbocycles. The number of ether oxygens (including phenoxy) is 2. The number of anilines is 3. The van der Waals surface area contributed by atoms with Crippen LogP contribution in [-0.2, 0) is 27.3 Å². The van der Waals surface area contributed by atoms with E-state index in [9.17, 15) is 4.21 Å². The van der Waals surface area contributed by atoms with Gasteiger partial charge in [0.25, 0.3) is 0 Å². The molecule has 1 unspecified atom stereocenters. The summed E-state index contributed by atoms with van der Waals surface area (Å²) in [6.45, 7) is 1.27. The first-order chi connectivity index (χ1) is 31.7. The van der Waals surface area contributed by atoms with E-state index < -0.39 is 10.8 Å². The number of nitrogens with two attached hydrogens (primary N) is 2. The zero-order chi connectivity index (χ0) is 45.5. The predicted molar refractivity (Wildman–Crippen MR) is 273 cm³/mol. The van der Waals surface area contributed by atoms with Gasteiger partial charge in [0, 0.05) is 111 Å². The average molecular weight is 941 g/mol. The minimum absolute atomic E-state index is 0.453. The van der Waals surface area contributed by atoms with Crippen LogP contribution in [0.15, 0.2) is 117 Å². The lowest BCUT2D eigenvalue weighted by atomic mass is 10.00. The van der Waals surface area contributed by atoms with Gasteiger partial charge in [-0.2, -0.15) is 5.10 Å². The Bertz CT molecular complexity index is 3150. The molecule has 0 radical (unpaired) electrons. The Hall–Kier alpha value is -6.08. The van der Waals surface area contributed by atoms with Crippen molar-refractivity contribution in [3.63, 3.8) is 0 Å². The fourth-order valence-corrected chi connectivity index (χ4v) is 12.4. The highest BCUT2D eigenvalue weighted by Crippen LogP contribution is 2.47. The number of methoxy groups -OCH3 is 2. The number of benzene rings is 2. The van der Waals surface area contributed by atoms with Gasteiger partial charge in [0.15, 0.2) is 5.65 Å². The van der Waals surface area contributed by atoms with Crippen LogP contribution < -0.4 is 16.8 Å². The minimum atomic E-state index is -1.21. The van der Waals surface area contributed by atoms with Crippen molar-refractivity contribution in [1.29, 1.82) is 0 Å². The topological polar surface area (TPSA) is 181 Å². The monoisotopic (exact) mass is 940 g/mol. The number of nitrogens with one attached hydrogen (secondary N) is 1. The fourth-order valence-electron chi connectivity index (χ4n) is 7.36. The Morgan fingerprint density at radius 1 is 0.831 bits per heavy atom. The molecule has 2 aromatic carbocycles. The Kier molecular flexibility index (Phi) is 14.6. The van der Waals surface area contributed by atoms with Crippen LogP contribution in [0.3, 0.4) is 0 Å². The lowest BCUT2D eigenvalue weighted by Gasteiger charge is -2.11. The van der Waals surface area contributed by atoms with Crippen molar-refractivity contribution in [1.82, 2.24) is 29.7 Å². The van der Waals surface area contributed by atoms with Gasteiger partial charge in [-0.3, -0.25) is 13.9 Å². The molecule has 0 fully saturated rings. The zero-order valence-corrected chi connectivity index (χ0v) is 39.8. The van der Waals surface area contributed by atoms with Crippen molar-refractivity contribution >= 4 is 100 Å². The van der Waals surface area contributed by atoms with E-state index >= 15 is 0 Å². The molecule has 332 valence electrons. The molecule has 0 saturated carbocycles. The zero-order valence-electron chi connectivity index (χ0n) is 36.6. The van der Waals surface area contributed by atoms with Gasteiger partial charge in [-0.15, -0.1) is 34.4 Å². The van der Waals surface area contributed by atoms with Gasteiger partial charge < -0.3 is 26.3 Å². The van der Waals surface area contributed by atoms with Crippen LogP contribution in [0.25, 0.3) is 76.2 Å². The van der Waals surface area contributed by atoms with E-state index in [1.54, 1.807) is 67.7 Å². The third-order valence-corrected chi connectivity index (χ3v) is 15.7. The molecule has 0 aliphatic rings. The number of aryl methyl sites for hydroxylation is 1. The van der Waals surface area contributed by atoms with Crippen molar-refractivity contribution < 1.29 is 13.7 Å².